The van der Waals surface area contributed by atoms with Gasteiger partial charge in [-0.05, 0) is 59.9 Å². The van der Waals surface area contributed by atoms with Crippen LogP contribution in [-0.2, 0) is 39.6 Å². The van der Waals surface area contributed by atoms with Gasteiger partial charge in [-0.15, -0.1) is 0 Å². The fourth-order valence-corrected chi connectivity index (χ4v) is 5.50. The van der Waals surface area contributed by atoms with Crippen LogP contribution in [0.3, 0.4) is 0 Å². The molecule has 4 aromatic rings. The molecule has 0 radical (unpaired) electrons. The molecule has 0 spiro atoms. The third-order valence-corrected chi connectivity index (χ3v) is 7.70. The van der Waals surface area contributed by atoms with Crippen molar-refractivity contribution in [3.8, 4) is 11.5 Å². The van der Waals surface area contributed by atoms with Crippen LogP contribution in [0.4, 0.5) is 0 Å². The van der Waals surface area contributed by atoms with Gasteiger partial charge in [0.25, 0.3) is 0 Å². The van der Waals surface area contributed by atoms with E-state index in [1.54, 1.807) is 6.07 Å². The van der Waals surface area contributed by atoms with Crippen molar-refractivity contribution in [2.45, 2.75) is 57.4 Å². The van der Waals surface area contributed by atoms with Gasteiger partial charge in [0.1, 0.15) is 11.5 Å². The van der Waals surface area contributed by atoms with Crippen LogP contribution in [0.1, 0.15) is 47.6 Å². The molecule has 0 bridgehead atoms. The van der Waals surface area contributed by atoms with Crippen molar-refractivity contribution >= 4 is 11.6 Å². The van der Waals surface area contributed by atoms with E-state index in [1.165, 1.54) is 6.07 Å². The van der Waals surface area contributed by atoms with Crippen LogP contribution in [0, 0.1) is 0 Å². The predicted octanol–water partition coefficient (Wildman–Crippen LogP) is 7.16. The van der Waals surface area contributed by atoms with Crippen molar-refractivity contribution in [3.63, 3.8) is 0 Å². The average Bonchev–Trinajstić information content (AvgIpc) is 2.99. The maximum absolute atomic E-state index is 12.0. The number of aromatic hydroxyl groups is 1. The van der Waals surface area contributed by atoms with Crippen LogP contribution in [0.5, 0.6) is 11.5 Å². The van der Waals surface area contributed by atoms with E-state index in [-0.39, 0.29) is 30.4 Å². The van der Waals surface area contributed by atoms with E-state index >= 15 is 0 Å². The molecule has 6 nitrogen and oxygen atoms in total. The molecule has 1 aliphatic heterocycles. The van der Waals surface area contributed by atoms with E-state index in [1.807, 2.05) is 91.9 Å². The van der Waals surface area contributed by atoms with E-state index in [9.17, 15) is 10.2 Å². The highest BCUT2D eigenvalue weighted by Gasteiger charge is 2.44. The summed E-state index contributed by atoms with van der Waals surface area (Å²) in [5, 5.41) is 23.4. The van der Waals surface area contributed by atoms with Crippen molar-refractivity contribution in [2.24, 2.45) is 0 Å². The van der Waals surface area contributed by atoms with Crippen molar-refractivity contribution in [1.29, 1.82) is 0 Å². The van der Waals surface area contributed by atoms with E-state index < -0.39 is 11.9 Å². The summed E-state index contributed by atoms with van der Waals surface area (Å²) in [4.78, 5) is 0. The van der Waals surface area contributed by atoms with Crippen molar-refractivity contribution in [2.75, 3.05) is 13.2 Å². The lowest BCUT2D eigenvalue weighted by Gasteiger charge is -2.41. The monoisotopic (exact) mass is 588 g/mol. The second-order valence-electron chi connectivity index (χ2n) is 10.6. The van der Waals surface area contributed by atoms with Crippen LogP contribution in [0.15, 0.2) is 97.1 Å². The lowest BCUT2D eigenvalue weighted by molar-refractivity contribution is -0.294. The second-order valence-corrected chi connectivity index (χ2v) is 11.0. The number of ether oxygens (including phenoxy) is 4. The standard InChI is InChI=1S/C35H37ClO6/c1-2-40-29-15-13-25(14-16-29)17-28-18-32(34(37)20-33(28)36)35(38)21-30(41-23-27-11-7-4-8-12-27)19-31(42-35)24-39-22-26-9-5-3-6-10-26/h3-16,18,20,30-31,37-38H,2,17,19,21-24H2,1H3/t30?,31-,35?/m0/s1. The third kappa shape index (κ3) is 7.91. The van der Waals surface area contributed by atoms with Gasteiger partial charge in [0.05, 0.1) is 44.2 Å². The summed E-state index contributed by atoms with van der Waals surface area (Å²) < 4.78 is 24.1. The normalized spacial score (nSPS) is 20.4. The highest BCUT2D eigenvalue weighted by molar-refractivity contribution is 6.31. The summed E-state index contributed by atoms with van der Waals surface area (Å²) in [6.45, 7) is 3.62. The molecule has 2 unspecified atom stereocenters. The summed E-state index contributed by atoms with van der Waals surface area (Å²) in [6, 6.07) is 30.8. The first-order chi connectivity index (χ1) is 20.4. The number of benzene rings is 4. The lowest BCUT2D eigenvalue weighted by atomic mass is 9.90. The average molecular weight is 589 g/mol. The minimum Gasteiger partial charge on any atom is -0.507 e. The molecule has 1 fully saturated rings. The molecular formula is C35H37ClO6. The molecule has 5 rings (SSSR count). The Morgan fingerprint density at radius 1 is 0.881 bits per heavy atom. The summed E-state index contributed by atoms with van der Waals surface area (Å²) in [5.74, 6) is -1.14. The second kappa shape index (κ2) is 14.2. The minimum absolute atomic E-state index is 0.134. The number of phenols is 1. The number of hydrogen-bond donors (Lipinski definition) is 2. The van der Waals surface area contributed by atoms with Gasteiger partial charge in [0, 0.05) is 17.9 Å². The van der Waals surface area contributed by atoms with Gasteiger partial charge in [0.2, 0.25) is 0 Å². The number of rotatable bonds is 12. The smallest absolute Gasteiger partial charge is 0.198 e. The Bertz CT molecular complexity index is 1410. The van der Waals surface area contributed by atoms with Crippen LogP contribution < -0.4 is 4.74 Å². The summed E-state index contributed by atoms with van der Waals surface area (Å²) in [7, 11) is 0. The zero-order valence-electron chi connectivity index (χ0n) is 23.7. The number of halogens is 1. The largest absolute Gasteiger partial charge is 0.507 e. The summed E-state index contributed by atoms with van der Waals surface area (Å²) >= 11 is 6.57. The molecule has 4 aromatic carbocycles. The fraction of sp³-hybridized carbons (Fsp3) is 0.314. The van der Waals surface area contributed by atoms with Gasteiger partial charge in [-0.1, -0.05) is 84.4 Å². The Hall–Kier alpha value is -3.39. The van der Waals surface area contributed by atoms with Gasteiger partial charge in [-0.25, -0.2) is 0 Å². The fourth-order valence-electron chi connectivity index (χ4n) is 5.28. The van der Waals surface area contributed by atoms with E-state index in [0.29, 0.717) is 37.7 Å². The zero-order chi connectivity index (χ0) is 29.4. The maximum Gasteiger partial charge on any atom is 0.198 e. The topological polar surface area (TPSA) is 77.4 Å². The van der Waals surface area contributed by atoms with Crippen LogP contribution in [0.25, 0.3) is 0 Å². The first kappa shape index (κ1) is 30.1. The number of aliphatic hydroxyl groups is 1. The Morgan fingerprint density at radius 3 is 2.21 bits per heavy atom. The minimum atomic E-state index is -1.80. The number of phenolic OH excluding ortho intramolecular Hbond substituents is 1. The van der Waals surface area contributed by atoms with Crippen LogP contribution in [-0.4, -0.2) is 35.6 Å². The molecule has 1 aliphatic rings. The van der Waals surface area contributed by atoms with Crippen LogP contribution in [0.2, 0.25) is 5.02 Å². The SMILES string of the molecule is CCOc1ccc(Cc2cc(C3(O)CC(OCc4ccccc4)C[C@@H](COCc4ccccc4)O3)c(O)cc2Cl)cc1. The van der Waals surface area contributed by atoms with Crippen molar-refractivity contribution in [1.82, 2.24) is 0 Å². The third-order valence-electron chi connectivity index (χ3n) is 7.35. The summed E-state index contributed by atoms with van der Waals surface area (Å²) in [5.41, 5.74) is 4.12. The predicted molar refractivity (Wildman–Crippen MR) is 163 cm³/mol. The molecule has 1 heterocycles. The quantitative estimate of drug-likeness (QED) is 0.183. The first-order valence-electron chi connectivity index (χ1n) is 14.3. The Kier molecular flexibility index (Phi) is 10.2. The summed E-state index contributed by atoms with van der Waals surface area (Å²) in [6.07, 6.45) is 0.396. The highest BCUT2D eigenvalue weighted by Crippen LogP contribution is 2.43. The van der Waals surface area contributed by atoms with Crippen molar-refractivity contribution < 1.29 is 29.2 Å². The molecule has 220 valence electrons. The highest BCUT2D eigenvalue weighted by atomic mass is 35.5. The van der Waals surface area contributed by atoms with E-state index in [0.717, 1.165) is 28.0 Å². The van der Waals surface area contributed by atoms with Gasteiger partial charge in [-0.2, -0.15) is 0 Å². The number of hydrogen-bond acceptors (Lipinski definition) is 6. The molecule has 0 aliphatic carbocycles. The lowest BCUT2D eigenvalue weighted by Crippen LogP contribution is -2.46. The Balaban J connectivity index is 1.36. The molecule has 0 amide bonds. The molecule has 1 saturated heterocycles. The molecule has 42 heavy (non-hydrogen) atoms. The molecular weight excluding hydrogens is 552 g/mol. The zero-order valence-corrected chi connectivity index (χ0v) is 24.5. The van der Waals surface area contributed by atoms with E-state index in [2.05, 4.69) is 0 Å². The molecule has 0 aromatic heterocycles. The van der Waals surface area contributed by atoms with Gasteiger partial charge in [-0.3, -0.25) is 0 Å². The maximum atomic E-state index is 12.0. The molecule has 0 saturated carbocycles. The van der Waals surface area contributed by atoms with Gasteiger partial charge in [0.15, 0.2) is 5.79 Å². The van der Waals surface area contributed by atoms with Crippen molar-refractivity contribution in [3.05, 3.63) is 130 Å². The van der Waals surface area contributed by atoms with Gasteiger partial charge < -0.3 is 29.2 Å². The molecule has 2 N–H and O–H groups in total. The van der Waals surface area contributed by atoms with Crippen LogP contribution >= 0.6 is 11.6 Å². The molecule has 7 heteroatoms. The van der Waals surface area contributed by atoms with E-state index in [4.69, 9.17) is 30.5 Å². The first-order valence-corrected chi connectivity index (χ1v) is 14.7. The Labute approximate surface area is 252 Å². The Morgan fingerprint density at radius 2 is 1.55 bits per heavy atom. The molecule has 3 atom stereocenters. The van der Waals surface area contributed by atoms with Gasteiger partial charge >= 0.3 is 0 Å².